The molecule has 0 aromatic carbocycles. The average Bonchev–Trinajstić information content (AvgIpc) is 3.35. The number of carbonyl (C=O) groups is 2. The van der Waals surface area contributed by atoms with Crippen molar-refractivity contribution in [3.8, 4) is 0 Å². The van der Waals surface area contributed by atoms with Crippen molar-refractivity contribution in [3.63, 3.8) is 0 Å². The highest BCUT2D eigenvalue weighted by Gasteiger charge is 2.64. The Kier molecular flexibility index (Phi) is 24.4. The van der Waals surface area contributed by atoms with Gasteiger partial charge in [-0.15, -0.1) is 0 Å². The molecule has 6 nitrogen and oxygen atoms in total. The molecular weight excluding hydrogens is 705 g/mol. The Morgan fingerprint density at radius 3 is 1.46 bits per heavy atom. The second-order valence-electron chi connectivity index (χ2n) is 20.6. The number of hydrogen-bond donors (Lipinski definition) is 1. The van der Waals surface area contributed by atoms with Crippen molar-refractivity contribution in [2.75, 3.05) is 13.2 Å². The smallest absolute Gasteiger partial charge is 0.307 e. The van der Waals surface area contributed by atoms with Gasteiger partial charge in [0.15, 0.2) is 5.60 Å². The van der Waals surface area contributed by atoms with E-state index in [9.17, 15) is 9.59 Å². The van der Waals surface area contributed by atoms with Gasteiger partial charge in [-0.05, 0) is 65.7 Å². The van der Waals surface area contributed by atoms with Gasteiger partial charge in [0.2, 0.25) is 0 Å². The number of amides is 1. The van der Waals surface area contributed by atoms with Crippen molar-refractivity contribution in [1.29, 1.82) is 0 Å². The summed E-state index contributed by atoms with van der Waals surface area (Å²) in [4.78, 5) is 30.3. The lowest BCUT2D eigenvalue weighted by Crippen LogP contribution is -2.65. The fourth-order valence-electron chi connectivity index (χ4n) is 11.2. The summed E-state index contributed by atoms with van der Waals surface area (Å²) in [5, 5.41) is 3.78. The molecule has 3 rings (SSSR count). The molecule has 1 aliphatic carbocycles. The number of nitrogens with zero attached hydrogens (tertiary/aromatic N) is 1. The monoisotopic (exact) mass is 801 g/mol. The third-order valence-electron chi connectivity index (χ3n) is 13.8. The quantitative estimate of drug-likeness (QED) is 0.0662. The van der Waals surface area contributed by atoms with Gasteiger partial charge < -0.3 is 19.7 Å². The van der Waals surface area contributed by atoms with E-state index >= 15 is 0 Å². The zero-order valence-electron chi connectivity index (χ0n) is 39.0. The van der Waals surface area contributed by atoms with Crippen LogP contribution in [-0.4, -0.2) is 52.3 Å². The number of rotatable bonds is 27. The highest BCUT2D eigenvalue weighted by atomic mass is 16.6. The molecule has 0 aromatic heterocycles. The lowest BCUT2D eigenvalue weighted by molar-refractivity contribution is -0.177. The summed E-state index contributed by atoms with van der Waals surface area (Å²) in [5.41, 5.74) is -1.93. The molecule has 1 saturated carbocycles. The SMILES string of the molecule is CCCCCCCCCCCCCCC(CCCCCCCCC)CCOC(=O)CCN1C(=O)C2(CC(C)(C)NC(C)(C)C2)OC12CCCCCCCCCCC2. The maximum atomic E-state index is 14.8. The summed E-state index contributed by atoms with van der Waals surface area (Å²) >= 11 is 0. The molecule has 0 radical (unpaired) electrons. The minimum absolute atomic E-state index is 0.113. The molecule has 2 saturated heterocycles. The molecular formula is C51H96N2O4. The Bertz CT molecular complexity index is 1040. The number of ether oxygens (including phenoxy) is 2. The first-order valence-corrected chi connectivity index (χ1v) is 25.4. The van der Waals surface area contributed by atoms with Crippen molar-refractivity contribution >= 4 is 11.9 Å². The second kappa shape index (κ2) is 27.7. The highest BCUT2D eigenvalue weighted by molar-refractivity contribution is 5.89. The molecule has 3 aliphatic rings. The van der Waals surface area contributed by atoms with Crippen molar-refractivity contribution in [1.82, 2.24) is 10.2 Å². The van der Waals surface area contributed by atoms with Gasteiger partial charge in [0.05, 0.1) is 13.0 Å². The Labute approximate surface area is 354 Å². The molecule has 3 fully saturated rings. The first-order valence-electron chi connectivity index (χ1n) is 25.4. The lowest BCUT2D eigenvalue weighted by atomic mass is 9.72. The van der Waals surface area contributed by atoms with Crippen molar-refractivity contribution < 1.29 is 19.1 Å². The molecule has 0 bridgehead atoms. The Hall–Kier alpha value is -1.14. The molecule has 1 atom stereocenters. The summed E-state index contributed by atoms with van der Waals surface area (Å²) in [7, 11) is 0. The number of nitrogens with one attached hydrogen (secondary N) is 1. The minimum atomic E-state index is -0.851. The molecule has 1 N–H and O–H groups in total. The Balaban J connectivity index is 1.54. The summed E-state index contributed by atoms with van der Waals surface area (Å²) in [6.07, 6.45) is 43.7. The van der Waals surface area contributed by atoms with Crippen LogP contribution >= 0.6 is 0 Å². The van der Waals surface area contributed by atoms with Gasteiger partial charge in [0.1, 0.15) is 5.72 Å². The van der Waals surface area contributed by atoms with Crippen molar-refractivity contribution in [3.05, 3.63) is 0 Å². The van der Waals surface area contributed by atoms with Crippen LogP contribution in [0.5, 0.6) is 0 Å². The molecule has 2 heterocycles. The molecule has 2 aliphatic heterocycles. The standard InChI is InChI=1S/C51H96N2O4/c1-7-9-11-13-15-16-17-18-20-24-28-32-36-45(35-31-27-23-14-12-10-8-2)38-42-56-46(54)37-41-53-47(55)50(43-48(3,4)52-49(5,6)44-50)57-51(53)39-33-29-25-21-19-22-26-30-34-40-51/h45,52H,7-44H2,1-6H3. The molecule has 2 spiro atoms. The largest absolute Gasteiger partial charge is 0.466 e. The van der Waals surface area contributed by atoms with E-state index in [4.69, 9.17) is 9.47 Å². The maximum Gasteiger partial charge on any atom is 0.307 e. The Morgan fingerprint density at radius 1 is 0.614 bits per heavy atom. The molecule has 334 valence electrons. The third-order valence-corrected chi connectivity index (χ3v) is 13.8. The fourth-order valence-corrected chi connectivity index (χ4v) is 11.2. The van der Waals surface area contributed by atoms with E-state index in [2.05, 4.69) is 51.8 Å². The topological polar surface area (TPSA) is 67.9 Å². The van der Waals surface area contributed by atoms with E-state index in [-0.39, 0.29) is 29.4 Å². The van der Waals surface area contributed by atoms with E-state index in [0.29, 0.717) is 31.9 Å². The number of piperidine rings is 1. The maximum absolute atomic E-state index is 14.8. The lowest BCUT2D eigenvalue weighted by Gasteiger charge is -2.50. The predicted molar refractivity (Wildman–Crippen MR) is 242 cm³/mol. The molecule has 57 heavy (non-hydrogen) atoms. The first-order chi connectivity index (χ1) is 27.5. The second-order valence-corrected chi connectivity index (χ2v) is 20.6. The third kappa shape index (κ3) is 19.4. The summed E-state index contributed by atoms with van der Waals surface area (Å²) in [5.74, 6) is 0.594. The van der Waals surface area contributed by atoms with Crippen LogP contribution in [0.2, 0.25) is 0 Å². The fraction of sp³-hybridized carbons (Fsp3) is 0.961. The van der Waals surface area contributed by atoms with E-state index in [1.165, 1.54) is 180 Å². The van der Waals surface area contributed by atoms with Crippen LogP contribution in [0.25, 0.3) is 0 Å². The van der Waals surface area contributed by atoms with Crippen LogP contribution in [-0.2, 0) is 19.1 Å². The van der Waals surface area contributed by atoms with E-state index in [1.807, 2.05) is 0 Å². The normalized spacial score (nSPS) is 21.4. The van der Waals surface area contributed by atoms with Gasteiger partial charge in [0, 0.05) is 30.5 Å². The molecule has 1 unspecified atom stereocenters. The van der Waals surface area contributed by atoms with Crippen LogP contribution in [0.15, 0.2) is 0 Å². The van der Waals surface area contributed by atoms with Gasteiger partial charge in [-0.2, -0.15) is 0 Å². The van der Waals surface area contributed by atoms with Crippen molar-refractivity contribution in [2.45, 2.75) is 295 Å². The van der Waals surface area contributed by atoms with E-state index in [1.54, 1.807) is 0 Å². The van der Waals surface area contributed by atoms with Gasteiger partial charge >= 0.3 is 5.97 Å². The van der Waals surface area contributed by atoms with Gasteiger partial charge in [-0.3, -0.25) is 9.59 Å². The van der Waals surface area contributed by atoms with Crippen LogP contribution < -0.4 is 5.32 Å². The zero-order valence-corrected chi connectivity index (χ0v) is 39.0. The molecule has 1 amide bonds. The van der Waals surface area contributed by atoms with Crippen LogP contribution in [0.1, 0.15) is 273 Å². The minimum Gasteiger partial charge on any atom is -0.466 e. The van der Waals surface area contributed by atoms with Crippen LogP contribution in [0.3, 0.4) is 0 Å². The average molecular weight is 801 g/mol. The van der Waals surface area contributed by atoms with Crippen LogP contribution in [0.4, 0.5) is 0 Å². The van der Waals surface area contributed by atoms with Crippen LogP contribution in [0, 0.1) is 5.92 Å². The zero-order chi connectivity index (χ0) is 41.3. The molecule has 6 heteroatoms. The van der Waals surface area contributed by atoms with Gasteiger partial charge in [0.25, 0.3) is 5.91 Å². The molecule has 0 aromatic rings. The summed E-state index contributed by atoms with van der Waals surface area (Å²) in [6.45, 7) is 14.3. The Morgan fingerprint density at radius 2 is 1.02 bits per heavy atom. The van der Waals surface area contributed by atoms with E-state index in [0.717, 1.165) is 32.1 Å². The predicted octanol–water partition coefficient (Wildman–Crippen LogP) is 14.7. The summed E-state index contributed by atoms with van der Waals surface area (Å²) in [6, 6.07) is 0. The number of carbonyl (C=O) groups excluding carboxylic acids is 2. The van der Waals surface area contributed by atoms with E-state index < -0.39 is 11.3 Å². The van der Waals surface area contributed by atoms with Crippen molar-refractivity contribution in [2.24, 2.45) is 5.92 Å². The number of hydrogen-bond acceptors (Lipinski definition) is 5. The van der Waals surface area contributed by atoms with Gasteiger partial charge in [-0.1, -0.05) is 194 Å². The summed E-state index contributed by atoms with van der Waals surface area (Å²) < 4.78 is 13.3. The van der Waals surface area contributed by atoms with Gasteiger partial charge in [-0.25, -0.2) is 0 Å². The first kappa shape index (κ1) is 50.2. The highest BCUT2D eigenvalue weighted by Crippen LogP contribution is 2.51. The number of esters is 1. The number of unbranched alkanes of at least 4 members (excludes halogenated alkanes) is 17.